The Hall–Kier alpha value is -2.99. The van der Waals surface area contributed by atoms with Crippen molar-refractivity contribution in [2.24, 2.45) is 0 Å². The van der Waals surface area contributed by atoms with E-state index in [2.05, 4.69) is 33.8 Å². The Labute approximate surface area is 189 Å². The lowest BCUT2D eigenvalue weighted by Gasteiger charge is -2.33. The van der Waals surface area contributed by atoms with Crippen LogP contribution in [-0.4, -0.2) is 54.2 Å². The zero-order valence-electron chi connectivity index (χ0n) is 19.1. The van der Waals surface area contributed by atoms with E-state index in [0.717, 1.165) is 31.1 Å². The molecule has 0 radical (unpaired) electrons. The van der Waals surface area contributed by atoms with Gasteiger partial charge in [-0.05, 0) is 75.2 Å². The molecule has 2 aliphatic heterocycles. The van der Waals surface area contributed by atoms with Crippen LogP contribution in [0.3, 0.4) is 0 Å². The van der Waals surface area contributed by atoms with Gasteiger partial charge in [-0.1, -0.05) is 12.5 Å². The van der Waals surface area contributed by atoms with Crippen molar-refractivity contribution in [3.63, 3.8) is 0 Å². The van der Waals surface area contributed by atoms with E-state index < -0.39 is 5.97 Å². The fraction of sp³-hybridized carbons (Fsp3) is 0.423. The number of carboxylic acids is 1. The maximum atomic E-state index is 10.7. The van der Waals surface area contributed by atoms with E-state index in [9.17, 15) is 4.79 Å². The molecule has 2 aromatic carbocycles. The first-order valence-corrected chi connectivity index (χ1v) is 11.5. The molecular formula is C26H33N3O3. The minimum absolute atomic E-state index is 0.365. The molecule has 0 spiro atoms. The third kappa shape index (κ3) is 4.91. The quantitative estimate of drug-likeness (QED) is 0.586. The molecule has 2 aliphatic rings. The highest BCUT2D eigenvalue weighted by atomic mass is 16.5. The average Bonchev–Trinajstić information content (AvgIpc) is 3.26. The second-order valence-electron chi connectivity index (χ2n) is 8.67. The molecule has 2 N–H and O–H groups in total. The van der Waals surface area contributed by atoms with E-state index >= 15 is 0 Å². The summed E-state index contributed by atoms with van der Waals surface area (Å²) in [6, 6.07) is 11.4. The number of methoxy groups -OCH3 is 1. The van der Waals surface area contributed by atoms with E-state index in [1.807, 2.05) is 12.3 Å². The van der Waals surface area contributed by atoms with Gasteiger partial charge in [0.1, 0.15) is 5.75 Å². The van der Waals surface area contributed by atoms with E-state index in [-0.39, 0.29) is 0 Å². The Balaban J connectivity index is 0.000000165. The molecule has 0 amide bonds. The number of H-pyrrole nitrogens is 1. The molecule has 6 nitrogen and oxygen atoms in total. The number of aryl methyl sites for hydroxylation is 1. The number of carboxylic acid groups (broad SMARTS) is 1. The number of aromatic amines is 1. The predicted molar refractivity (Wildman–Crippen MR) is 129 cm³/mol. The molecule has 0 saturated carbocycles. The van der Waals surface area contributed by atoms with E-state index in [1.165, 1.54) is 60.8 Å². The lowest BCUT2D eigenvalue weighted by atomic mass is 10.0. The third-order valence-electron chi connectivity index (χ3n) is 6.48. The Bertz CT molecular complexity index is 1070. The van der Waals surface area contributed by atoms with Crippen LogP contribution >= 0.6 is 0 Å². The molecule has 0 atom stereocenters. The summed E-state index contributed by atoms with van der Waals surface area (Å²) in [4.78, 5) is 18.7. The number of anilines is 1. The molecule has 32 heavy (non-hydrogen) atoms. The summed E-state index contributed by atoms with van der Waals surface area (Å²) in [7, 11) is 1.77. The molecule has 2 fully saturated rings. The van der Waals surface area contributed by atoms with Gasteiger partial charge in [0, 0.05) is 48.0 Å². The zero-order valence-corrected chi connectivity index (χ0v) is 19.1. The summed E-state index contributed by atoms with van der Waals surface area (Å²) in [5, 5.41) is 10.1. The van der Waals surface area contributed by atoms with Crippen molar-refractivity contribution < 1.29 is 14.6 Å². The van der Waals surface area contributed by atoms with Crippen LogP contribution in [0.15, 0.2) is 42.6 Å². The molecule has 170 valence electrons. The van der Waals surface area contributed by atoms with Gasteiger partial charge in [0.2, 0.25) is 0 Å². The summed E-state index contributed by atoms with van der Waals surface area (Å²) in [6.07, 6.45) is 7.25. The van der Waals surface area contributed by atoms with Crippen LogP contribution in [0.4, 0.5) is 5.69 Å². The first-order chi connectivity index (χ1) is 15.6. The highest BCUT2D eigenvalue weighted by molar-refractivity contribution is 5.89. The number of carbonyl (C=O) groups is 1. The number of ether oxygens (including phenoxy) is 1. The van der Waals surface area contributed by atoms with Gasteiger partial charge in [-0.3, -0.25) is 4.90 Å². The van der Waals surface area contributed by atoms with Crippen LogP contribution in [0, 0.1) is 6.92 Å². The summed E-state index contributed by atoms with van der Waals surface area (Å²) in [5.41, 5.74) is 5.20. The fourth-order valence-electron chi connectivity index (χ4n) is 4.53. The number of aromatic carboxylic acids is 1. The maximum Gasteiger partial charge on any atom is 0.335 e. The number of likely N-dealkylation sites (tertiary alicyclic amines) is 1. The van der Waals surface area contributed by atoms with Gasteiger partial charge in [0.15, 0.2) is 0 Å². The van der Waals surface area contributed by atoms with Crippen molar-refractivity contribution in [3.8, 4) is 5.75 Å². The summed E-state index contributed by atoms with van der Waals surface area (Å²) < 4.78 is 5.60. The number of fused-ring (bicyclic) bond motifs is 1. The van der Waals surface area contributed by atoms with Gasteiger partial charge in [-0.2, -0.15) is 0 Å². The number of nitrogens with zero attached hydrogens (tertiary/aromatic N) is 2. The SMILES string of the molecule is COc1cc(C)c2[nH]ccc2c1CN1CCCCC1.O=C(O)c1cccc(N2CCC2)c1. The predicted octanol–water partition coefficient (Wildman–Crippen LogP) is 5.07. The van der Waals surface area contributed by atoms with Crippen LogP contribution in [0.25, 0.3) is 10.9 Å². The Morgan fingerprint density at radius 1 is 1.06 bits per heavy atom. The van der Waals surface area contributed by atoms with E-state index in [0.29, 0.717) is 5.56 Å². The molecule has 1 aromatic heterocycles. The molecular weight excluding hydrogens is 402 g/mol. The van der Waals surface area contributed by atoms with Gasteiger partial charge in [0.05, 0.1) is 12.7 Å². The lowest BCUT2D eigenvalue weighted by molar-refractivity contribution is 0.0697. The molecule has 3 aromatic rings. The van der Waals surface area contributed by atoms with Crippen molar-refractivity contribution in [1.82, 2.24) is 9.88 Å². The monoisotopic (exact) mass is 435 g/mol. The van der Waals surface area contributed by atoms with Crippen LogP contribution in [0.2, 0.25) is 0 Å². The van der Waals surface area contributed by atoms with Crippen molar-refractivity contribution in [2.75, 3.05) is 38.2 Å². The topological polar surface area (TPSA) is 68.8 Å². The molecule has 2 saturated heterocycles. The summed E-state index contributed by atoms with van der Waals surface area (Å²) in [5.74, 6) is 0.164. The van der Waals surface area contributed by atoms with Crippen molar-refractivity contribution in [1.29, 1.82) is 0 Å². The smallest absolute Gasteiger partial charge is 0.335 e. The largest absolute Gasteiger partial charge is 0.496 e. The highest BCUT2D eigenvalue weighted by Gasteiger charge is 2.17. The highest BCUT2D eigenvalue weighted by Crippen LogP contribution is 2.32. The number of hydrogen-bond donors (Lipinski definition) is 2. The number of benzene rings is 2. The molecule has 5 rings (SSSR count). The van der Waals surface area contributed by atoms with Crippen LogP contribution < -0.4 is 9.64 Å². The van der Waals surface area contributed by atoms with Crippen LogP contribution in [0.5, 0.6) is 5.75 Å². The molecule has 0 unspecified atom stereocenters. The van der Waals surface area contributed by atoms with Crippen molar-refractivity contribution >= 4 is 22.6 Å². The first kappa shape index (κ1) is 22.2. The Morgan fingerprint density at radius 3 is 2.50 bits per heavy atom. The van der Waals surface area contributed by atoms with Crippen LogP contribution in [0.1, 0.15) is 47.2 Å². The minimum atomic E-state index is -0.859. The van der Waals surface area contributed by atoms with Gasteiger partial charge >= 0.3 is 5.97 Å². The number of aromatic nitrogens is 1. The van der Waals surface area contributed by atoms with E-state index in [1.54, 1.807) is 25.3 Å². The second kappa shape index (κ2) is 10.1. The Morgan fingerprint density at radius 2 is 1.84 bits per heavy atom. The van der Waals surface area contributed by atoms with Gasteiger partial charge in [0.25, 0.3) is 0 Å². The third-order valence-corrected chi connectivity index (χ3v) is 6.48. The number of piperidine rings is 1. The molecule has 0 bridgehead atoms. The minimum Gasteiger partial charge on any atom is -0.496 e. The number of hydrogen-bond acceptors (Lipinski definition) is 4. The van der Waals surface area contributed by atoms with E-state index in [4.69, 9.17) is 9.84 Å². The normalized spacial score (nSPS) is 16.2. The maximum absolute atomic E-state index is 10.7. The summed E-state index contributed by atoms with van der Waals surface area (Å²) in [6.45, 7) is 7.64. The number of rotatable bonds is 5. The van der Waals surface area contributed by atoms with Gasteiger partial charge in [-0.15, -0.1) is 0 Å². The lowest BCUT2D eigenvalue weighted by Crippen LogP contribution is -2.36. The first-order valence-electron chi connectivity index (χ1n) is 11.5. The molecule has 0 aliphatic carbocycles. The standard InChI is InChI=1S/C16H22N2O.C10H11NO2/c1-12-10-15(19-2)14(13-6-7-17-16(12)13)11-18-8-4-3-5-9-18;12-10(13)8-3-1-4-9(7-8)11-5-2-6-11/h6-7,10,17H,3-5,8-9,11H2,1-2H3;1,3-4,7H,2,5-6H2,(H,12,13). The number of nitrogens with one attached hydrogen (secondary N) is 1. The van der Waals surface area contributed by atoms with Gasteiger partial charge in [-0.25, -0.2) is 4.79 Å². The zero-order chi connectivity index (χ0) is 22.5. The Kier molecular flexibility index (Phi) is 7.00. The second-order valence-corrected chi connectivity index (χ2v) is 8.67. The van der Waals surface area contributed by atoms with Gasteiger partial charge < -0.3 is 19.7 Å². The average molecular weight is 436 g/mol. The van der Waals surface area contributed by atoms with Crippen molar-refractivity contribution in [3.05, 3.63) is 59.3 Å². The summed E-state index contributed by atoms with van der Waals surface area (Å²) >= 11 is 0. The fourth-order valence-corrected chi connectivity index (χ4v) is 4.53. The van der Waals surface area contributed by atoms with Crippen LogP contribution in [-0.2, 0) is 6.54 Å². The van der Waals surface area contributed by atoms with Crippen molar-refractivity contribution in [2.45, 2.75) is 39.2 Å². The molecule has 6 heteroatoms. The molecule has 3 heterocycles.